The first-order valence-electron chi connectivity index (χ1n) is 4.92. The van der Waals surface area contributed by atoms with Gasteiger partial charge in [-0.15, -0.1) is 11.6 Å². The standard InChI is InChI=1S/C10H11Cl2N3O/c1-3-15-10(12)7(5-11)9(13-15)8-4-6(2)16-14-8/h4H,3,5H2,1-2H3. The van der Waals surface area contributed by atoms with Crippen LogP contribution in [0.2, 0.25) is 5.15 Å². The first-order chi connectivity index (χ1) is 7.67. The molecular formula is C10H11Cl2N3O. The van der Waals surface area contributed by atoms with Crippen molar-refractivity contribution in [2.24, 2.45) is 0 Å². The Morgan fingerprint density at radius 3 is 2.75 bits per heavy atom. The second kappa shape index (κ2) is 4.47. The van der Waals surface area contributed by atoms with Gasteiger partial charge in [-0.05, 0) is 13.8 Å². The van der Waals surface area contributed by atoms with Crippen molar-refractivity contribution in [1.29, 1.82) is 0 Å². The molecule has 86 valence electrons. The molecule has 2 aromatic heterocycles. The van der Waals surface area contributed by atoms with Crippen molar-refractivity contribution in [2.45, 2.75) is 26.3 Å². The molecule has 0 spiro atoms. The molecule has 0 atom stereocenters. The average molecular weight is 260 g/mol. The first kappa shape index (κ1) is 11.5. The number of rotatable bonds is 3. The van der Waals surface area contributed by atoms with Gasteiger partial charge in [0.15, 0.2) is 0 Å². The molecule has 0 saturated carbocycles. The molecular weight excluding hydrogens is 249 g/mol. The second-order valence-electron chi connectivity index (χ2n) is 3.39. The molecule has 0 fully saturated rings. The zero-order valence-electron chi connectivity index (χ0n) is 9.00. The van der Waals surface area contributed by atoms with Crippen molar-refractivity contribution in [1.82, 2.24) is 14.9 Å². The number of alkyl halides is 1. The van der Waals surface area contributed by atoms with Gasteiger partial charge in [-0.2, -0.15) is 5.10 Å². The van der Waals surface area contributed by atoms with Gasteiger partial charge in [0, 0.05) is 18.2 Å². The van der Waals surface area contributed by atoms with Crippen LogP contribution in [0, 0.1) is 6.92 Å². The largest absolute Gasteiger partial charge is 0.361 e. The fourth-order valence-corrected chi connectivity index (χ4v) is 2.13. The van der Waals surface area contributed by atoms with Crippen LogP contribution in [0.25, 0.3) is 11.4 Å². The Morgan fingerprint density at radius 2 is 2.25 bits per heavy atom. The molecule has 0 aliphatic rings. The van der Waals surface area contributed by atoms with Crippen LogP contribution >= 0.6 is 23.2 Å². The highest BCUT2D eigenvalue weighted by molar-refractivity contribution is 6.31. The minimum Gasteiger partial charge on any atom is -0.361 e. The van der Waals surface area contributed by atoms with Gasteiger partial charge in [0.1, 0.15) is 22.3 Å². The van der Waals surface area contributed by atoms with Gasteiger partial charge < -0.3 is 4.52 Å². The molecule has 2 heterocycles. The van der Waals surface area contributed by atoms with E-state index >= 15 is 0 Å². The van der Waals surface area contributed by atoms with E-state index in [0.29, 0.717) is 29.0 Å². The second-order valence-corrected chi connectivity index (χ2v) is 4.02. The molecule has 0 N–H and O–H groups in total. The molecule has 2 rings (SSSR count). The van der Waals surface area contributed by atoms with Crippen LogP contribution in [0.3, 0.4) is 0 Å². The summed E-state index contributed by atoms with van der Waals surface area (Å²) in [7, 11) is 0. The summed E-state index contributed by atoms with van der Waals surface area (Å²) in [6.45, 7) is 4.49. The zero-order chi connectivity index (χ0) is 11.7. The van der Waals surface area contributed by atoms with E-state index in [9.17, 15) is 0 Å². The summed E-state index contributed by atoms with van der Waals surface area (Å²) in [5.74, 6) is 1.04. The summed E-state index contributed by atoms with van der Waals surface area (Å²) in [4.78, 5) is 0. The highest BCUT2D eigenvalue weighted by Gasteiger charge is 2.18. The lowest BCUT2D eigenvalue weighted by Crippen LogP contribution is -1.96. The average Bonchev–Trinajstić information content (AvgIpc) is 2.82. The Bertz CT molecular complexity index is 504. The summed E-state index contributed by atoms with van der Waals surface area (Å²) in [6, 6.07) is 1.81. The van der Waals surface area contributed by atoms with Crippen molar-refractivity contribution in [2.75, 3.05) is 0 Å². The monoisotopic (exact) mass is 259 g/mol. The summed E-state index contributed by atoms with van der Waals surface area (Å²) in [6.07, 6.45) is 0. The van der Waals surface area contributed by atoms with Crippen LogP contribution in [0.15, 0.2) is 10.6 Å². The number of hydrogen-bond donors (Lipinski definition) is 0. The van der Waals surface area contributed by atoms with E-state index in [4.69, 9.17) is 27.7 Å². The Balaban J connectivity index is 2.55. The molecule has 0 aromatic carbocycles. The molecule has 2 aromatic rings. The van der Waals surface area contributed by atoms with E-state index in [1.165, 1.54) is 0 Å². The molecule has 4 nitrogen and oxygen atoms in total. The van der Waals surface area contributed by atoms with Crippen LogP contribution in [0.1, 0.15) is 18.2 Å². The van der Waals surface area contributed by atoms with Crippen molar-refractivity contribution in [3.05, 3.63) is 22.5 Å². The normalized spacial score (nSPS) is 11.0. The quantitative estimate of drug-likeness (QED) is 0.795. The lowest BCUT2D eigenvalue weighted by Gasteiger charge is -1.95. The molecule has 0 aliphatic heterocycles. The van der Waals surface area contributed by atoms with E-state index < -0.39 is 0 Å². The van der Waals surface area contributed by atoms with Gasteiger partial charge in [-0.3, -0.25) is 4.68 Å². The molecule has 0 aliphatic carbocycles. The van der Waals surface area contributed by atoms with Gasteiger partial charge in [0.2, 0.25) is 0 Å². The van der Waals surface area contributed by atoms with E-state index in [-0.39, 0.29) is 0 Å². The highest BCUT2D eigenvalue weighted by Crippen LogP contribution is 2.29. The minimum atomic E-state index is 0.306. The number of hydrogen-bond acceptors (Lipinski definition) is 3. The molecule has 0 radical (unpaired) electrons. The topological polar surface area (TPSA) is 43.9 Å². The lowest BCUT2D eigenvalue weighted by molar-refractivity contribution is 0.399. The van der Waals surface area contributed by atoms with Crippen LogP contribution < -0.4 is 0 Å². The van der Waals surface area contributed by atoms with Gasteiger partial charge in [-0.25, -0.2) is 0 Å². The fraction of sp³-hybridized carbons (Fsp3) is 0.400. The van der Waals surface area contributed by atoms with Crippen molar-refractivity contribution in [3.8, 4) is 11.4 Å². The lowest BCUT2D eigenvalue weighted by atomic mass is 10.2. The maximum Gasteiger partial charge on any atom is 0.134 e. The summed E-state index contributed by atoms with van der Waals surface area (Å²) in [5.41, 5.74) is 2.15. The number of halogens is 2. The van der Waals surface area contributed by atoms with Crippen molar-refractivity contribution in [3.63, 3.8) is 0 Å². The van der Waals surface area contributed by atoms with Crippen molar-refractivity contribution >= 4 is 23.2 Å². The molecule has 6 heteroatoms. The number of aromatic nitrogens is 3. The third kappa shape index (κ3) is 1.83. The predicted octanol–water partition coefficient (Wildman–Crippen LogP) is 3.26. The molecule has 0 amide bonds. The van der Waals surface area contributed by atoms with Gasteiger partial charge in [0.05, 0.1) is 5.88 Å². The Hall–Kier alpha value is -1.00. The Morgan fingerprint density at radius 1 is 1.50 bits per heavy atom. The van der Waals surface area contributed by atoms with E-state index in [0.717, 1.165) is 11.3 Å². The summed E-state index contributed by atoms with van der Waals surface area (Å²) < 4.78 is 6.71. The van der Waals surface area contributed by atoms with Gasteiger partial charge in [-0.1, -0.05) is 16.8 Å². The fourth-order valence-electron chi connectivity index (χ4n) is 1.49. The zero-order valence-corrected chi connectivity index (χ0v) is 10.5. The maximum absolute atomic E-state index is 6.14. The van der Waals surface area contributed by atoms with Crippen LogP contribution in [-0.4, -0.2) is 14.9 Å². The SMILES string of the molecule is CCn1nc(-c2cc(C)on2)c(CCl)c1Cl. The van der Waals surface area contributed by atoms with Gasteiger partial charge in [0.25, 0.3) is 0 Å². The van der Waals surface area contributed by atoms with E-state index in [1.54, 1.807) is 4.68 Å². The summed E-state index contributed by atoms with van der Waals surface area (Å²) in [5, 5.41) is 8.84. The Kier molecular flexibility index (Phi) is 3.21. The van der Waals surface area contributed by atoms with Gasteiger partial charge >= 0.3 is 0 Å². The summed E-state index contributed by atoms with van der Waals surface area (Å²) >= 11 is 12.0. The third-order valence-corrected chi connectivity index (χ3v) is 2.98. The number of aryl methyl sites for hydroxylation is 2. The first-order valence-corrected chi connectivity index (χ1v) is 5.83. The minimum absolute atomic E-state index is 0.306. The van der Waals surface area contributed by atoms with Crippen LogP contribution in [-0.2, 0) is 12.4 Å². The molecule has 0 unspecified atom stereocenters. The van der Waals surface area contributed by atoms with Crippen LogP contribution in [0.4, 0.5) is 0 Å². The van der Waals surface area contributed by atoms with E-state index in [2.05, 4.69) is 10.3 Å². The van der Waals surface area contributed by atoms with Crippen LogP contribution in [0.5, 0.6) is 0 Å². The maximum atomic E-state index is 6.14. The highest BCUT2D eigenvalue weighted by atomic mass is 35.5. The van der Waals surface area contributed by atoms with Crippen molar-refractivity contribution < 1.29 is 4.52 Å². The smallest absolute Gasteiger partial charge is 0.134 e. The number of nitrogens with zero attached hydrogens (tertiary/aromatic N) is 3. The predicted molar refractivity (Wildman–Crippen MR) is 62.7 cm³/mol. The molecule has 0 bridgehead atoms. The Labute approximate surface area is 103 Å². The van der Waals surface area contributed by atoms with E-state index in [1.807, 2.05) is 19.9 Å². The molecule has 0 saturated heterocycles. The third-order valence-electron chi connectivity index (χ3n) is 2.29. The molecule has 16 heavy (non-hydrogen) atoms.